The largest absolute Gasteiger partial charge is 0.381 e. The maximum atomic E-state index is 5.43. The molecule has 0 radical (unpaired) electrons. The SMILES string of the molecule is CNCCCOCCCOCCOC(C)C. The average Bonchev–Trinajstić information content (AvgIpc) is 2.25. The topological polar surface area (TPSA) is 39.7 Å². The second-order valence-electron chi connectivity index (χ2n) is 3.95. The van der Waals surface area contributed by atoms with Crippen molar-refractivity contribution >= 4 is 0 Å². The van der Waals surface area contributed by atoms with E-state index in [1.54, 1.807) is 0 Å². The van der Waals surface area contributed by atoms with E-state index >= 15 is 0 Å². The molecule has 0 unspecified atom stereocenters. The summed E-state index contributed by atoms with van der Waals surface area (Å²) in [4.78, 5) is 0. The van der Waals surface area contributed by atoms with Gasteiger partial charge in [0, 0.05) is 19.8 Å². The lowest BCUT2D eigenvalue weighted by atomic mass is 10.4. The van der Waals surface area contributed by atoms with Crippen molar-refractivity contribution < 1.29 is 14.2 Å². The van der Waals surface area contributed by atoms with Crippen LogP contribution in [0.4, 0.5) is 0 Å². The first-order valence-corrected chi connectivity index (χ1v) is 6.19. The van der Waals surface area contributed by atoms with Crippen LogP contribution in [0.5, 0.6) is 0 Å². The van der Waals surface area contributed by atoms with Gasteiger partial charge in [-0.1, -0.05) is 0 Å². The summed E-state index contributed by atoms with van der Waals surface area (Å²) in [6, 6.07) is 0. The molecule has 0 aliphatic carbocycles. The number of ether oxygens (including phenoxy) is 3. The van der Waals surface area contributed by atoms with E-state index < -0.39 is 0 Å². The minimum absolute atomic E-state index is 0.291. The second kappa shape index (κ2) is 12.9. The normalized spacial score (nSPS) is 11.2. The van der Waals surface area contributed by atoms with Crippen molar-refractivity contribution in [3.05, 3.63) is 0 Å². The van der Waals surface area contributed by atoms with Gasteiger partial charge < -0.3 is 19.5 Å². The molecule has 16 heavy (non-hydrogen) atoms. The van der Waals surface area contributed by atoms with Crippen molar-refractivity contribution in [2.45, 2.75) is 32.8 Å². The lowest BCUT2D eigenvalue weighted by Gasteiger charge is -2.08. The first-order valence-electron chi connectivity index (χ1n) is 6.19. The van der Waals surface area contributed by atoms with Crippen LogP contribution in [-0.2, 0) is 14.2 Å². The molecule has 4 nitrogen and oxygen atoms in total. The quantitative estimate of drug-likeness (QED) is 0.518. The predicted molar refractivity (Wildman–Crippen MR) is 65.9 cm³/mol. The molecule has 0 spiro atoms. The Balaban J connectivity index is 2.88. The fourth-order valence-corrected chi connectivity index (χ4v) is 1.16. The van der Waals surface area contributed by atoms with E-state index in [-0.39, 0.29) is 0 Å². The molecule has 0 rings (SSSR count). The Morgan fingerprint density at radius 2 is 1.50 bits per heavy atom. The molecule has 1 N–H and O–H groups in total. The Morgan fingerprint density at radius 1 is 0.875 bits per heavy atom. The number of rotatable bonds is 12. The Kier molecular flexibility index (Phi) is 12.8. The van der Waals surface area contributed by atoms with Crippen molar-refractivity contribution in [3.63, 3.8) is 0 Å². The van der Waals surface area contributed by atoms with Gasteiger partial charge in [-0.05, 0) is 40.3 Å². The molecule has 0 saturated heterocycles. The van der Waals surface area contributed by atoms with Crippen molar-refractivity contribution in [2.24, 2.45) is 0 Å². The standard InChI is InChI=1S/C12H27NO3/c1-12(2)16-11-10-15-9-5-8-14-7-4-6-13-3/h12-13H,4-11H2,1-3H3. The van der Waals surface area contributed by atoms with E-state index in [0.29, 0.717) is 19.3 Å². The Bertz CT molecular complexity index is 131. The summed E-state index contributed by atoms with van der Waals surface area (Å²) in [7, 11) is 1.95. The molecule has 0 amide bonds. The van der Waals surface area contributed by atoms with Crippen LogP contribution in [0.1, 0.15) is 26.7 Å². The molecular weight excluding hydrogens is 206 g/mol. The monoisotopic (exact) mass is 233 g/mol. The van der Waals surface area contributed by atoms with Crippen LogP contribution in [-0.4, -0.2) is 52.7 Å². The average molecular weight is 233 g/mol. The molecule has 0 heterocycles. The highest BCUT2D eigenvalue weighted by molar-refractivity contribution is 4.41. The zero-order valence-corrected chi connectivity index (χ0v) is 11.0. The van der Waals surface area contributed by atoms with Gasteiger partial charge in [-0.2, -0.15) is 0 Å². The number of hydrogen-bond donors (Lipinski definition) is 1. The van der Waals surface area contributed by atoms with Crippen molar-refractivity contribution in [1.29, 1.82) is 0 Å². The fraction of sp³-hybridized carbons (Fsp3) is 1.00. The van der Waals surface area contributed by atoms with Gasteiger partial charge in [0.15, 0.2) is 0 Å². The number of nitrogens with one attached hydrogen (secondary N) is 1. The summed E-state index contributed by atoms with van der Waals surface area (Å²) in [5, 5.41) is 3.08. The Morgan fingerprint density at radius 3 is 2.12 bits per heavy atom. The van der Waals surface area contributed by atoms with Crippen LogP contribution in [0, 0.1) is 0 Å². The summed E-state index contributed by atoms with van der Waals surface area (Å²) in [6.45, 7) is 8.80. The molecular formula is C12H27NO3. The molecule has 0 saturated carbocycles. The van der Waals surface area contributed by atoms with Gasteiger partial charge in [-0.25, -0.2) is 0 Å². The van der Waals surface area contributed by atoms with Crippen molar-refractivity contribution in [1.82, 2.24) is 5.32 Å². The van der Waals surface area contributed by atoms with Gasteiger partial charge in [0.05, 0.1) is 19.3 Å². The third-order valence-electron chi connectivity index (χ3n) is 1.97. The molecule has 0 aromatic rings. The van der Waals surface area contributed by atoms with Crippen LogP contribution in [0.25, 0.3) is 0 Å². The fourth-order valence-electron chi connectivity index (χ4n) is 1.16. The summed E-state index contributed by atoms with van der Waals surface area (Å²) in [5.41, 5.74) is 0. The first-order chi connectivity index (χ1) is 7.77. The predicted octanol–water partition coefficient (Wildman–Crippen LogP) is 1.44. The third kappa shape index (κ3) is 13.8. The lowest BCUT2D eigenvalue weighted by Crippen LogP contribution is -2.12. The first kappa shape index (κ1) is 15.8. The highest BCUT2D eigenvalue weighted by atomic mass is 16.5. The van der Waals surface area contributed by atoms with E-state index in [0.717, 1.165) is 39.2 Å². The van der Waals surface area contributed by atoms with Gasteiger partial charge in [0.1, 0.15) is 0 Å². The molecule has 0 atom stereocenters. The maximum Gasteiger partial charge on any atom is 0.0703 e. The van der Waals surface area contributed by atoms with Crippen LogP contribution in [0.15, 0.2) is 0 Å². The van der Waals surface area contributed by atoms with Gasteiger partial charge in [0.25, 0.3) is 0 Å². The highest BCUT2D eigenvalue weighted by Gasteiger charge is 1.93. The molecule has 0 fully saturated rings. The molecule has 0 aliphatic rings. The lowest BCUT2D eigenvalue weighted by molar-refractivity contribution is 0.0128. The van der Waals surface area contributed by atoms with Gasteiger partial charge in [-0.15, -0.1) is 0 Å². The third-order valence-corrected chi connectivity index (χ3v) is 1.97. The summed E-state index contributed by atoms with van der Waals surface area (Å²) in [6.07, 6.45) is 2.32. The molecule has 0 aromatic carbocycles. The number of hydrogen-bond acceptors (Lipinski definition) is 4. The minimum Gasteiger partial charge on any atom is -0.381 e. The smallest absolute Gasteiger partial charge is 0.0703 e. The highest BCUT2D eigenvalue weighted by Crippen LogP contribution is 1.90. The van der Waals surface area contributed by atoms with Crippen LogP contribution in [0.3, 0.4) is 0 Å². The van der Waals surface area contributed by atoms with Crippen LogP contribution in [0.2, 0.25) is 0 Å². The van der Waals surface area contributed by atoms with Gasteiger partial charge in [0.2, 0.25) is 0 Å². The van der Waals surface area contributed by atoms with Gasteiger partial charge in [-0.3, -0.25) is 0 Å². The van der Waals surface area contributed by atoms with E-state index in [1.807, 2.05) is 20.9 Å². The molecule has 0 aromatic heterocycles. The molecule has 4 heteroatoms. The molecule has 0 aliphatic heterocycles. The maximum absolute atomic E-state index is 5.43. The second-order valence-corrected chi connectivity index (χ2v) is 3.95. The van der Waals surface area contributed by atoms with Crippen LogP contribution < -0.4 is 5.32 Å². The van der Waals surface area contributed by atoms with E-state index in [4.69, 9.17) is 14.2 Å². The van der Waals surface area contributed by atoms with Crippen molar-refractivity contribution in [2.75, 3.05) is 46.6 Å². The summed E-state index contributed by atoms with van der Waals surface area (Å²) in [5.74, 6) is 0. The minimum atomic E-state index is 0.291. The van der Waals surface area contributed by atoms with Crippen LogP contribution >= 0.6 is 0 Å². The summed E-state index contributed by atoms with van der Waals surface area (Å²) < 4.78 is 16.2. The zero-order chi connectivity index (χ0) is 12.1. The Hall–Kier alpha value is -0.160. The van der Waals surface area contributed by atoms with Crippen molar-refractivity contribution in [3.8, 4) is 0 Å². The summed E-state index contributed by atoms with van der Waals surface area (Å²) >= 11 is 0. The van der Waals surface area contributed by atoms with E-state index in [2.05, 4.69) is 5.32 Å². The molecule has 98 valence electrons. The van der Waals surface area contributed by atoms with Gasteiger partial charge >= 0.3 is 0 Å². The van der Waals surface area contributed by atoms with E-state index in [9.17, 15) is 0 Å². The molecule has 0 bridgehead atoms. The van der Waals surface area contributed by atoms with E-state index in [1.165, 1.54) is 0 Å². The Labute approximate surface area is 99.6 Å². The zero-order valence-electron chi connectivity index (χ0n) is 11.0.